The summed E-state index contributed by atoms with van der Waals surface area (Å²) in [6.07, 6.45) is 8.21. The van der Waals surface area contributed by atoms with E-state index in [4.69, 9.17) is 16.5 Å². The lowest BCUT2D eigenvalue weighted by Crippen LogP contribution is -1.88. The van der Waals surface area contributed by atoms with Gasteiger partial charge in [-0.25, -0.2) is 0 Å². The van der Waals surface area contributed by atoms with Gasteiger partial charge in [0.15, 0.2) is 0 Å². The van der Waals surface area contributed by atoms with E-state index in [0.29, 0.717) is 24.2 Å². The Morgan fingerprint density at radius 2 is 2.20 bits per heavy atom. The molecule has 0 N–H and O–H groups in total. The number of hydrogen-bond acceptors (Lipinski definition) is 3. The fourth-order valence-corrected chi connectivity index (χ4v) is 0.893. The average molecular weight is 197 g/mol. The third-order valence-electron chi connectivity index (χ3n) is 1.57. The highest BCUT2D eigenvalue weighted by Crippen LogP contribution is 2.01. The molecule has 15 heavy (non-hydrogen) atoms. The molecule has 0 unspecified atom stereocenters. The Bertz CT molecular complexity index is 424. The van der Waals surface area contributed by atoms with Crippen LogP contribution in [-0.2, 0) is 4.84 Å². The molecule has 3 heteroatoms. The van der Waals surface area contributed by atoms with Crippen molar-refractivity contribution in [1.29, 1.82) is 5.26 Å². The molecule has 0 aliphatic rings. The first-order valence-electron chi connectivity index (χ1n) is 4.38. The number of nitrogens with zero attached hydrogens (tertiary/aromatic N) is 2. The van der Waals surface area contributed by atoms with E-state index < -0.39 is 0 Å². The predicted molar refractivity (Wildman–Crippen MR) is 57.1 cm³/mol. The lowest BCUT2D eigenvalue weighted by Gasteiger charge is -1.94. The quantitative estimate of drug-likeness (QED) is 0.320. The zero-order valence-corrected chi connectivity index (χ0v) is 8.10. The molecule has 1 aromatic rings. The molecular weight excluding hydrogens is 188 g/mol. The molecular formula is C12H9N2O. The first kappa shape index (κ1) is 10.8. The van der Waals surface area contributed by atoms with Crippen LogP contribution in [0.4, 0.5) is 0 Å². The van der Waals surface area contributed by atoms with E-state index in [1.54, 1.807) is 24.3 Å². The molecule has 1 radical (unpaired) electrons. The Morgan fingerprint density at radius 3 is 2.93 bits per heavy atom. The van der Waals surface area contributed by atoms with E-state index in [2.05, 4.69) is 17.3 Å². The van der Waals surface area contributed by atoms with E-state index in [-0.39, 0.29) is 0 Å². The van der Waals surface area contributed by atoms with Crippen LogP contribution in [0.3, 0.4) is 0 Å². The minimum atomic E-state index is 0.376. The fraction of sp³-hybridized carbons (Fsp3) is 0.167. The average Bonchev–Trinajstić information content (AvgIpc) is 2.29. The molecule has 0 aliphatic carbocycles. The molecule has 0 spiro atoms. The lowest BCUT2D eigenvalue weighted by atomic mass is 10.1. The largest absolute Gasteiger partial charge is 0.394 e. The van der Waals surface area contributed by atoms with E-state index in [1.165, 1.54) is 0 Å². The minimum absolute atomic E-state index is 0.376. The zero-order valence-electron chi connectivity index (χ0n) is 8.10. The van der Waals surface area contributed by atoms with Crippen molar-refractivity contribution in [3.05, 3.63) is 35.4 Å². The first-order valence-corrected chi connectivity index (χ1v) is 4.38. The predicted octanol–water partition coefficient (Wildman–Crippen LogP) is 1.81. The summed E-state index contributed by atoms with van der Waals surface area (Å²) < 4.78 is 0. The Kier molecular flexibility index (Phi) is 4.50. The molecule has 0 heterocycles. The number of rotatable bonds is 4. The lowest BCUT2D eigenvalue weighted by molar-refractivity contribution is 0.152. The van der Waals surface area contributed by atoms with Gasteiger partial charge in [0.1, 0.15) is 12.8 Å². The smallest absolute Gasteiger partial charge is 0.139 e. The molecule has 0 aromatic heterocycles. The Hall–Kier alpha value is -2.26. The maximum atomic E-state index is 8.64. The van der Waals surface area contributed by atoms with Crippen molar-refractivity contribution >= 4 is 6.21 Å². The molecule has 1 rings (SSSR count). The van der Waals surface area contributed by atoms with Crippen LogP contribution in [0, 0.1) is 23.7 Å². The number of terminal acetylenes is 1. The summed E-state index contributed by atoms with van der Waals surface area (Å²) in [7, 11) is 0. The Balaban J connectivity index is 2.50. The van der Waals surface area contributed by atoms with E-state index in [9.17, 15) is 0 Å². The second-order valence-corrected chi connectivity index (χ2v) is 2.68. The highest BCUT2D eigenvalue weighted by Gasteiger charge is 1.92. The van der Waals surface area contributed by atoms with Crippen LogP contribution < -0.4 is 0 Å². The van der Waals surface area contributed by atoms with Crippen LogP contribution >= 0.6 is 0 Å². The summed E-state index contributed by atoms with van der Waals surface area (Å²) in [6.45, 7) is 0.376. The van der Waals surface area contributed by atoms with Gasteiger partial charge in [0.25, 0.3) is 0 Å². The van der Waals surface area contributed by atoms with Gasteiger partial charge < -0.3 is 4.84 Å². The van der Waals surface area contributed by atoms with Gasteiger partial charge in [-0.3, -0.25) is 0 Å². The van der Waals surface area contributed by atoms with Gasteiger partial charge in [0.05, 0.1) is 11.6 Å². The molecule has 73 valence electrons. The van der Waals surface area contributed by atoms with Crippen molar-refractivity contribution in [3.8, 4) is 18.4 Å². The Morgan fingerprint density at radius 1 is 1.40 bits per heavy atom. The van der Waals surface area contributed by atoms with Crippen LogP contribution in [0.5, 0.6) is 0 Å². The van der Waals surface area contributed by atoms with Gasteiger partial charge in [0, 0.05) is 12.0 Å². The summed E-state index contributed by atoms with van der Waals surface area (Å²) in [4.78, 5) is 4.84. The van der Waals surface area contributed by atoms with Gasteiger partial charge in [-0.05, 0) is 12.1 Å². The van der Waals surface area contributed by atoms with Gasteiger partial charge in [-0.15, -0.1) is 12.3 Å². The summed E-state index contributed by atoms with van der Waals surface area (Å²) >= 11 is 0. The first-order chi connectivity index (χ1) is 7.36. The van der Waals surface area contributed by atoms with Crippen molar-refractivity contribution in [1.82, 2.24) is 0 Å². The third-order valence-corrected chi connectivity index (χ3v) is 1.57. The van der Waals surface area contributed by atoms with Crippen LogP contribution in [0.25, 0.3) is 0 Å². The SMILES string of the molecule is C#CCCON=[C]c1cccc(C#N)c1. The van der Waals surface area contributed by atoms with Crippen molar-refractivity contribution in [2.24, 2.45) is 5.16 Å². The topological polar surface area (TPSA) is 45.4 Å². The van der Waals surface area contributed by atoms with Crippen molar-refractivity contribution in [2.45, 2.75) is 6.42 Å². The minimum Gasteiger partial charge on any atom is -0.394 e. The second-order valence-electron chi connectivity index (χ2n) is 2.68. The van der Waals surface area contributed by atoms with E-state index in [1.807, 2.05) is 6.07 Å². The van der Waals surface area contributed by atoms with Gasteiger partial charge in [-0.1, -0.05) is 17.3 Å². The summed E-state index contributed by atoms with van der Waals surface area (Å²) in [5, 5.41) is 12.2. The third kappa shape index (κ3) is 3.97. The van der Waals surface area contributed by atoms with Gasteiger partial charge >= 0.3 is 0 Å². The molecule has 3 nitrogen and oxygen atoms in total. The molecule has 1 aromatic carbocycles. The molecule has 0 amide bonds. The fourth-order valence-electron chi connectivity index (χ4n) is 0.893. The number of nitriles is 1. The standard InChI is InChI=1S/C12H9N2O/c1-2-3-7-15-14-10-12-6-4-5-11(8-12)9-13/h1,4-6,8H,3,7H2. The maximum Gasteiger partial charge on any atom is 0.139 e. The van der Waals surface area contributed by atoms with Crippen molar-refractivity contribution in [2.75, 3.05) is 6.61 Å². The summed E-state index contributed by atoms with van der Waals surface area (Å²) in [5.41, 5.74) is 1.27. The highest BCUT2D eigenvalue weighted by molar-refractivity contribution is 5.79. The normalized spacial score (nSPS) is 9.47. The Labute approximate surface area is 89.0 Å². The molecule has 0 fully saturated rings. The maximum absolute atomic E-state index is 8.64. The van der Waals surface area contributed by atoms with Crippen LogP contribution in [0.1, 0.15) is 17.5 Å². The summed E-state index contributed by atoms with van der Waals surface area (Å²) in [5.74, 6) is 2.43. The monoisotopic (exact) mass is 197 g/mol. The zero-order chi connectivity index (χ0) is 10.9. The van der Waals surface area contributed by atoms with Gasteiger partial charge in [0.2, 0.25) is 0 Å². The van der Waals surface area contributed by atoms with Crippen LogP contribution in [0.15, 0.2) is 29.4 Å². The van der Waals surface area contributed by atoms with Crippen LogP contribution in [0.2, 0.25) is 0 Å². The van der Waals surface area contributed by atoms with Crippen LogP contribution in [-0.4, -0.2) is 12.8 Å². The van der Waals surface area contributed by atoms with E-state index in [0.717, 1.165) is 0 Å². The van der Waals surface area contributed by atoms with E-state index >= 15 is 0 Å². The highest BCUT2D eigenvalue weighted by atomic mass is 16.6. The van der Waals surface area contributed by atoms with Crippen molar-refractivity contribution < 1.29 is 4.84 Å². The number of hydrogen-bond donors (Lipinski definition) is 0. The summed E-state index contributed by atoms with van der Waals surface area (Å²) in [6, 6.07) is 8.96. The van der Waals surface area contributed by atoms with Gasteiger partial charge in [-0.2, -0.15) is 5.26 Å². The molecule has 0 aliphatic heterocycles. The second kappa shape index (κ2) is 6.23. The molecule has 0 bridgehead atoms. The molecule has 0 saturated carbocycles. The van der Waals surface area contributed by atoms with Crippen molar-refractivity contribution in [3.63, 3.8) is 0 Å². The molecule has 0 atom stereocenters. The number of benzene rings is 1. The molecule has 0 saturated heterocycles.